The van der Waals surface area contributed by atoms with Crippen LogP contribution < -0.4 is 5.32 Å². The molecular weight excluding hydrogens is 363 g/mol. The number of hydrogen-bond acceptors (Lipinski definition) is 2. The second-order valence-corrected chi connectivity index (χ2v) is 6.60. The molecule has 1 fully saturated rings. The van der Waals surface area contributed by atoms with Crippen molar-refractivity contribution in [2.45, 2.75) is 38.6 Å². The zero-order chi connectivity index (χ0) is 14.4. The number of carbonyl (C=O) groups excluding carboxylic acids is 1. The monoisotopic (exact) mass is 386 g/mol. The zero-order valence-electron chi connectivity index (χ0n) is 12.1. The number of benzene rings is 1. The van der Waals surface area contributed by atoms with Gasteiger partial charge in [-0.3, -0.25) is 9.69 Å². The van der Waals surface area contributed by atoms with E-state index < -0.39 is 0 Å². The predicted molar refractivity (Wildman–Crippen MR) is 91.0 cm³/mol. The minimum absolute atomic E-state index is 0.0338. The van der Waals surface area contributed by atoms with Gasteiger partial charge in [-0.25, -0.2) is 0 Å². The molecule has 1 aromatic rings. The fourth-order valence-corrected chi connectivity index (χ4v) is 3.19. The molecule has 1 atom stereocenters. The number of likely N-dealkylation sites (tertiary alicyclic amines) is 1. The van der Waals surface area contributed by atoms with Crippen molar-refractivity contribution in [3.05, 3.63) is 33.4 Å². The number of rotatable bonds is 5. The molecular formula is C16H23IN2O. The standard InChI is InChI=1S/C16H23IN2O/c1-2-15-5-3-4-11-19(15)12-10-18-16(20)13-6-8-14(17)9-7-13/h6-9,15H,2-5,10-12H2,1H3,(H,18,20). The fraction of sp³-hybridized carbons (Fsp3) is 0.562. The maximum absolute atomic E-state index is 12.0. The van der Waals surface area contributed by atoms with Crippen LogP contribution in [0.1, 0.15) is 43.0 Å². The molecule has 1 N–H and O–H groups in total. The van der Waals surface area contributed by atoms with Gasteiger partial charge in [0.1, 0.15) is 0 Å². The van der Waals surface area contributed by atoms with E-state index in [4.69, 9.17) is 0 Å². The van der Waals surface area contributed by atoms with Gasteiger partial charge in [0.25, 0.3) is 5.91 Å². The topological polar surface area (TPSA) is 32.3 Å². The molecule has 3 nitrogen and oxygen atoms in total. The smallest absolute Gasteiger partial charge is 0.251 e. The third kappa shape index (κ3) is 4.45. The van der Waals surface area contributed by atoms with E-state index in [1.807, 2.05) is 24.3 Å². The van der Waals surface area contributed by atoms with Crippen LogP contribution in [0.2, 0.25) is 0 Å². The largest absolute Gasteiger partial charge is 0.351 e. The second kappa shape index (κ2) is 7.98. The maximum Gasteiger partial charge on any atom is 0.251 e. The van der Waals surface area contributed by atoms with E-state index in [-0.39, 0.29) is 5.91 Å². The van der Waals surface area contributed by atoms with E-state index in [0.29, 0.717) is 6.04 Å². The van der Waals surface area contributed by atoms with Gasteiger partial charge in [0.2, 0.25) is 0 Å². The van der Waals surface area contributed by atoms with Crippen molar-refractivity contribution in [1.82, 2.24) is 10.2 Å². The first kappa shape index (κ1) is 15.8. The molecule has 1 unspecified atom stereocenters. The third-order valence-electron chi connectivity index (χ3n) is 4.01. The van der Waals surface area contributed by atoms with E-state index in [2.05, 4.69) is 39.7 Å². The van der Waals surface area contributed by atoms with Crippen molar-refractivity contribution >= 4 is 28.5 Å². The highest BCUT2D eigenvalue weighted by Gasteiger charge is 2.20. The van der Waals surface area contributed by atoms with E-state index in [0.717, 1.165) is 22.2 Å². The van der Waals surface area contributed by atoms with Crippen LogP contribution in [0.4, 0.5) is 0 Å². The Morgan fingerprint density at radius 1 is 1.35 bits per heavy atom. The van der Waals surface area contributed by atoms with Crippen LogP contribution in [0.5, 0.6) is 0 Å². The lowest BCUT2D eigenvalue weighted by Gasteiger charge is -2.35. The van der Waals surface area contributed by atoms with E-state index >= 15 is 0 Å². The average molecular weight is 386 g/mol. The van der Waals surface area contributed by atoms with Gasteiger partial charge < -0.3 is 5.32 Å². The van der Waals surface area contributed by atoms with Gasteiger partial charge in [-0.05, 0) is 72.7 Å². The number of nitrogens with one attached hydrogen (secondary N) is 1. The Labute approximate surface area is 135 Å². The highest BCUT2D eigenvalue weighted by atomic mass is 127. The Hall–Kier alpha value is -0.620. The second-order valence-electron chi connectivity index (χ2n) is 5.36. The summed E-state index contributed by atoms with van der Waals surface area (Å²) in [6.07, 6.45) is 5.16. The molecule has 0 radical (unpaired) electrons. The van der Waals surface area contributed by atoms with Crippen molar-refractivity contribution in [2.24, 2.45) is 0 Å². The minimum Gasteiger partial charge on any atom is -0.351 e. The number of hydrogen-bond donors (Lipinski definition) is 1. The first-order valence-corrected chi connectivity index (χ1v) is 8.56. The summed E-state index contributed by atoms with van der Waals surface area (Å²) in [7, 11) is 0. The molecule has 20 heavy (non-hydrogen) atoms. The van der Waals surface area contributed by atoms with E-state index in [1.165, 1.54) is 32.2 Å². The molecule has 110 valence electrons. The summed E-state index contributed by atoms with van der Waals surface area (Å²) in [4.78, 5) is 14.5. The summed E-state index contributed by atoms with van der Waals surface area (Å²) in [5, 5.41) is 3.03. The molecule has 1 amide bonds. The van der Waals surface area contributed by atoms with Crippen LogP contribution in [0.15, 0.2) is 24.3 Å². The summed E-state index contributed by atoms with van der Waals surface area (Å²) >= 11 is 2.25. The van der Waals surface area contributed by atoms with Crippen LogP contribution in [0, 0.1) is 3.57 Å². The minimum atomic E-state index is 0.0338. The lowest BCUT2D eigenvalue weighted by Crippen LogP contribution is -2.43. The van der Waals surface area contributed by atoms with Crippen LogP contribution in [0.25, 0.3) is 0 Å². The van der Waals surface area contributed by atoms with E-state index in [1.54, 1.807) is 0 Å². The Morgan fingerprint density at radius 3 is 2.80 bits per heavy atom. The van der Waals surface area contributed by atoms with Crippen LogP contribution in [0.3, 0.4) is 0 Å². The summed E-state index contributed by atoms with van der Waals surface area (Å²) in [6.45, 7) is 5.14. The quantitative estimate of drug-likeness (QED) is 0.788. The summed E-state index contributed by atoms with van der Waals surface area (Å²) in [5.74, 6) is 0.0338. The first-order valence-electron chi connectivity index (χ1n) is 7.48. The maximum atomic E-state index is 12.0. The number of carbonyl (C=O) groups is 1. The van der Waals surface area contributed by atoms with Crippen molar-refractivity contribution in [1.29, 1.82) is 0 Å². The van der Waals surface area contributed by atoms with Gasteiger partial charge in [0, 0.05) is 28.3 Å². The van der Waals surface area contributed by atoms with Gasteiger partial charge in [-0.2, -0.15) is 0 Å². The third-order valence-corrected chi connectivity index (χ3v) is 4.73. The van der Waals surface area contributed by atoms with Crippen molar-refractivity contribution in [2.75, 3.05) is 19.6 Å². The Bertz CT molecular complexity index is 433. The molecule has 1 aliphatic heterocycles. The fourth-order valence-electron chi connectivity index (χ4n) is 2.83. The van der Waals surface area contributed by atoms with Crippen molar-refractivity contribution in [3.8, 4) is 0 Å². The summed E-state index contributed by atoms with van der Waals surface area (Å²) < 4.78 is 1.15. The Balaban J connectivity index is 1.77. The predicted octanol–water partition coefficient (Wildman–Crippen LogP) is 3.29. The molecule has 1 heterocycles. The van der Waals surface area contributed by atoms with Crippen molar-refractivity contribution in [3.63, 3.8) is 0 Å². The Morgan fingerprint density at radius 2 is 2.10 bits per heavy atom. The molecule has 0 bridgehead atoms. The lowest BCUT2D eigenvalue weighted by atomic mass is 10.0. The van der Waals surface area contributed by atoms with Crippen molar-refractivity contribution < 1.29 is 4.79 Å². The molecule has 1 saturated heterocycles. The highest BCUT2D eigenvalue weighted by Crippen LogP contribution is 2.18. The molecule has 1 aliphatic rings. The van der Waals surface area contributed by atoms with Gasteiger partial charge in [0.05, 0.1) is 0 Å². The molecule has 0 spiro atoms. The van der Waals surface area contributed by atoms with Crippen LogP contribution in [-0.2, 0) is 0 Å². The number of halogens is 1. The molecule has 1 aromatic carbocycles. The first-order chi connectivity index (χ1) is 9.70. The molecule has 0 aliphatic carbocycles. The summed E-state index contributed by atoms with van der Waals surface area (Å²) in [6, 6.07) is 8.40. The average Bonchev–Trinajstić information content (AvgIpc) is 2.48. The highest BCUT2D eigenvalue weighted by molar-refractivity contribution is 14.1. The Kier molecular flexibility index (Phi) is 6.29. The number of nitrogens with zero attached hydrogens (tertiary/aromatic N) is 1. The number of amides is 1. The zero-order valence-corrected chi connectivity index (χ0v) is 14.2. The summed E-state index contributed by atoms with van der Waals surface area (Å²) in [5.41, 5.74) is 0.746. The van der Waals surface area contributed by atoms with E-state index in [9.17, 15) is 4.79 Å². The lowest BCUT2D eigenvalue weighted by molar-refractivity contribution is 0.0934. The molecule has 4 heteroatoms. The van der Waals surface area contributed by atoms with Gasteiger partial charge in [-0.15, -0.1) is 0 Å². The van der Waals surface area contributed by atoms with Crippen LogP contribution >= 0.6 is 22.6 Å². The SMILES string of the molecule is CCC1CCCCN1CCNC(=O)c1ccc(I)cc1. The number of piperidine rings is 1. The normalized spacial score (nSPS) is 19.8. The van der Waals surface area contributed by atoms with Gasteiger partial charge in [0.15, 0.2) is 0 Å². The molecule has 0 saturated carbocycles. The van der Waals surface area contributed by atoms with Gasteiger partial charge in [-0.1, -0.05) is 13.3 Å². The van der Waals surface area contributed by atoms with Crippen LogP contribution in [-0.4, -0.2) is 36.5 Å². The van der Waals surface area contributed by atoms with Gasteiger partial charge >= 0.3 is 0 Å². The molecule has 2 rings (SSSR count). The molecule has 0 aromatic heterocycles.